The quantitative estimate of drug-likeness (QED) is 0.752. The van der Waals surface area contributed by atoms with Crippen LogP contribution in [0.15, 0.2) is 24.3 Å². The Bertz CT molecular complexity index is 530. The summed E-state index contributed by atoms with van der Waals surface area (Å²) in [6.45, 7) is 2.44. The summed E-state index contributed by atoms with van der Waals surface area (Å²) in [4.78, 5) is 22.7. The van der Waals surface area contributed by atoms with Crippen molar-refractivity contribution in [1.29, 1.82) is 0 Å². The van der Waals surface area contributed by atoms with Crippen LogP contribution < -0.4 is 21.1 Å². The number of rotatable bonds is 6. The summed E-state index contributed by atoms with van der Waals surface area (Å²) in [6, 6.07) is 7.11. The van der Waals surface area contributed by atoms with E-state index in [1.165, 1.54) is 19.3 Å². The molecule has 0 radical (unpaired) electrons. The number of urea groups is 1. The molecule has 1 aromatic rings. The van der Waals surface area contributed by atoms with Crippen LogP contribution in [0, 0.1) is 5.92 Å². The van der Waals surface area contributed by atoms with Gasteiger partial charge in [-0.15, -0.1) is 0 Å². The van der Waals surface area contributed by atoms with Crippen LogP contribution in [0.2, 0.25) is 0 Å². The van der Waals surface area contributed by atoms with E-state index in [1.807, 2.05) is 0 Å². The Morgan fingerprint density at radius 2 is 1.91 bits per heavy atom. The lowest BCUT2D eigenvalue weighted by Gasteiger charge is -2.29. The predicted octanol–water partition coefficient (Wildman–Crippen LogP) is 2.64. The first-order valence-electron chi connectivity index (χ1n) is 8.13. The molecule has 4 N–H and O–H groups in total. The molecule has 1 fully saturated rings. The van der Waals surface area contributed by atoms with Crippen LogP contribution in [0.5, 0.6) is 5.75 Å². The maximum atomic E-state index is 12.1. The second-order valence-corrected chi connectivity index (χ2v) is 6.06. The molecule has 2 rings (SSSR count). The van der Waals surface area contributed by atoms with Gasteiger partial charge in [0.1, 0.15) is 5.75 Å². The van der Waals surface area contributed by atoms with Crippen molar-refractivity contribution in [2.75, 3.05) is 11.9 Å². The van der Waals surface area contributed by atoms with Crippen molar-refractivity contribution in [1.82, 2.24) is 5.32 Å². The van der Waals surface area contributed by atoms with E-state index in [2.05, 4.69) is 17.6 Å². The Balaban J connectivity index is 1.78. The molecule has 23 heavy (non-hydrogen) atoms. The number of ether oxygens (including phenoxy) is 1. The van der Waals surface area contributed by atoms with Crippen LogP contribution >= 0.6 is 0 Å². The number of carbonyl (C=O) groups excluding carboxylic acids is 2. The van der Waals surface area contributed by atoms with Crippen LogP contribution in [0.3, 0.4) is 0 Å². The fraction of sp³-hybridized carbons (Fsp3) is 0.529. The molecular formula is C17H25N3O3. The lowest BCUT2D eigenvalue weighted by atomic mass is 9.86. The van der Waals surface area contributed by atoms with E-state index in [0.29, 0.717) is 17.4 Å². The number of anilines is 1. The summed E-state index contributed by atoms with van der Waals surface area (Å²) >= 11 is 0. The third-order valence-electron chi connectivity index (χ3n) is 4.16. The number of nitrogens with one attached hydrogen (secondary N) is 2. The molecule has 1 aliphatic carbocycles. The SMILES string of the molecule is CC1CCCCC1NC(=O)Nc1ccc(OCCC(N)=O)cc1. The monoisotopic (exact) mass is 319 g/mol. The topological polar surface area (TPSA) is 93.4 Å². The van der Waals surface area contributed by atoms with E-state index in [9.17, 15) is 9.59 Å². The molecule has 0 aromatic heterocycles. The summed E-state index contributed by atoms with van der Waals surface area (Å²) in [5, 5.41) is 5.88. The molecule has 1 saturated carbocycles. The van der Waals surface area contributed by atoms with Gasteiger partial charge in [0.25, 0.3) is 0 Å². The molecule has 1 aliphatic rings. The Kier molecular flexibility index (Phi) is 6.26. The van der Waals surface area contributed by atoms with Crippen LogP contribution in [-0.2, 0) is 4.79 Å². The molecule has 0 heterocycles. The zero-order valence-corrected chi connectivity index (χ0v) is 13.5. The van der Waals surface area contributed by atoms with Gasteiger partial charge in [0.05, 0.1) is 13.0 Å². The van der Waals surface area contributed by atoms with Crippen molar-refractivity contribution in [3.8, 4) is 5.75 Å². The summed E-state index contributed by atoms with van der Waals surface area (Å²) in [5.74, 6) is 0.769. The Morgan fingerprint density at radius 3 is 2.57 bits per heavy atom. The van der Waals surface area contributed by atoms with Gasteiger partial charge in [-0.25, -0.2) is 4.79 Å². The van der Waals surface area contributed by atoms with Gasteiger partial charge < -0.3 is 21.1 Å². The van der Waals surface area contributed by atoms with Gasteiger partial charge in [-0.05, 0) is 43.0 Å². The first-order valence-corrected chi connectivity index (χ1v) is 8.13. The predicted molar refractivity (Wildman–Crippen MR) is 89.3 cm³/mol. The van der Waals surface area contributed by atoms with Crippen molar-refractivity contribution in [3.05, 3.63) is 24.3 Å². The second-order valence-electron chi connectivity index (χ2n) is 6.06. The van der Waals surface area contributed by atoms with Gasteiger partial charge in [0.15, 0.2) is 0 Å². The van der Waals surface area contributed by atoms with Gasteiger partial charge in [-0.3, -0.25) is 4.79 Å². The Labute approximate surface area is 136 Å². The number of amides is 3. The highest BCUT2D eigenvalue weighted by atomic mass is 16.5. The number of hydrogen-bond donors (Lipinski definition) is 3. The highest BCUT2D eigenvalue weighted by molar-refractivity contribution is 5.89. The first-order chi connectivity index (χ1) is 11.0. The summed E-state index contributed by atoms with van der Waals surface area (Å²) < 4.78 is 5.38. The number of benzene rings is 1. The largest absolute Gasteiger partial charge is 0.493 e. The molecule has 2 unspecified atom stereocenters. The minimum Gasteiger partial charge on any atom is -0.493 e. The number of primary amides is 1. The summed E-state index contributed by atoms with van der Waals surface area (Å²) in [6.07, 6.45) is 4.82. The molecule has 0 saturated heterocycles. The van der Waals surface area contributed by atoms with E-state index in [-0.39, 0.29) is 25.1 Å². The lowest BCUT2D eigenvalue weighted by molar-refractivity contribution is -0.118. The molecule has 2 atom stereocenters. The van der Waals surface area contributed by atoms with Crippen LogP contribution in [0.25, 0.3) is 0 Å². The molecule has 126 valence electrons. The van der Waals surface area contributed by atoms with Gasteiger partial charge >= 0.3 is 6.03 Å². The zero-order valence-electron chi connectivity index (χ0n) is 13.5. The van der Waals surface area contributed by atoms with Crippen molar-refractivity contribution < 1.29 is 14.3 Å². The van der Waals surface area contributed by atoms with Crippen molar-refractivity contribution in [2.24, 2.45) is 11.7 Å². The molecule has 3 amide bonds. The Hall–Kier alpha value is -2.24. The number of hydrogen-bond acceptors (Lipinski definition) is 3. The standard InChI is InChI=1S/C17H25N3O3/c1-12-4-2-3-5-15(12)20-17(22)19-13-6-8-14(9-7-13)23-11-10-16(18)21/h6-9,12,15H,2-5,10-11H2,1H3,(H2,18,21)(H2,19,20,22). The molecule has 0 spiro atoms. The van der Waals surface area contributed by atoms with E-state index < -0.39 is 5.91 Å². The van der Waals surface area contributed by atoms with Crippen molar-refractivity contribution in [3.63, 3.8) is 0 Å². The maximum Gasteiger partial charge on any atom is 0.319 e. The molecule has 1 aromatic carbocycles. The minimum atomic E-state index is -0.392. The Morgan fingerprint density at radius 1 is 1.22 bits per heavy atom. The normalized spacial score (nSPS) is 20.6. The smallest absolute Gasteiger partial charge is 0.319 e. The number of carbonyl (C=O) groups is 2. The fourth-order valence-electron chi connectivity index (χ4n) is 2.77. The molecule has 0 bridgehead atoms. The number of nitrogens with two attached hydrogens (primary N) is 1. The van der Waals surface area contributed by atoms with E-state index in [4.69, 9.17) is 10.5 Å². The van der Waals surface area contributed by atoms with Crippen molar-refractivity contribution >= 4 is 17.6 Å². The van der Waals surface area contributed by atoms with Crippen LogP contribution in [-0.4, -0.2) is 24.6 Å². The fourth-order valence-corrected chi connectivity index (χ4v) is 2.77. The van der Waals surface area contributed by atoms with Gasteiger partial charge in [0.2, 0.25) is 5.91 Å². The summed E-state index contributed by atoms with van der Waals surface area (Å²) in [7, 11) is 0. The van der Waals surface area contributed by atoms with Crippen LogP contribution in [0.4, 0.5) is 10.5 Å². The maximum absolute atomic E-state index is 12.1. The molecule has 0 aliphatic heterocycles. The average molecular weight is 319 g/mol. The van der Waals surface area contributed by atoms with Gasteiger partial charge in [0, 0.05) is 11.7 Å². The summed E-state index contributed by atoms with van der Waals surface area (Å²) in [5.41, 5.74) is 5.75. The van der Waals surface area contributed by atoms with Gasteiger partial charge in [-0.1, -0.05) is 19.8 Å². The highest BCUT2D eigenvalue weighted by Gasteiger charge is 2.22. The zero-order chi connectivity index (χ0) is 16.7. The van der Waals surface area contributed by atoms with Gasteiger partial charge in [-0.2, -0.15) is 0 Å². The third kappa shape index (κ3) is 5.81. The third-order valence-corrected chi connectivity index (χ3v) is 4.16. The highest BCUT2D eigenvalue weighted by Crippen LogP contribution is 2.24. The minimum absolute atomic E-state index is 0.175. The molecule has 6 nitrogen and oxygen atoms in total. The average Bonchev–Trinajstić information content (AvgIpc) is 2.51. The van der Waals surface area contributed by atoms with E-state index >= 15 is 0 Å². The first kappa shape index (κ1) is 17.1. The molecule has 6 heteroatoms. The van der Waals surface area contributed by atoms with E-state index in [0.717, 1.165) is 6.42 Å². The lowest BCUT2D eigenvalue weighted by Crippen LogP contribution is -2.43. The molecular weight excluding hydrogens is 294 g/mol. The van der Waals surface area contributed by atoms with Crippen LogP contribution in [0.1, 0.15) is 39.0 Å². The van der Waals surface area contributed by atoms with E-state index in [1.54, 1.807) is 24.3 Å². The second kappa shape index (κ2) is 8.41. The van der Waals surface area contributed by atoms with Crippen molar-refractivity contribution in [2.45, 2.75) is 45.1 Å².